The van der Waals surface area contributed by atoms with Gasteiger partial charge < -0.3 is 71.1 Å². The van der Waals surface area contributed by atoms with E-state index in [1.807, 2.05) is 13.8 Å². The number of nitrogens with one attached hydrogen (secondary N) is 6. The summed E-state index contributed by atoms with van der Waals surface area (Å²) in [5.74, 6) is -9.98. The van der Waals surface area contributed by atoms with Crippen LogP contribution in [0, 0.1) is 11.8 Å². The van der Waals surface area contributed by atoms with Gasteiger partial charge in [0.1, 0.15) is 60.4 Å². The Bertz CT molecular complexity index is 3550. The Hall–Kier alpha value is -9.56. The Kier molecular flexibility index (Phi) is 31.6. The van der Waals surface area contributed by atoms with Gasteiger partial charge in [0.2, 0.25) is 70.9 Å². The fourth-order valence-electron chi connectivity index (χ4n) is 12.6. The summed E-state index contributed by atoms with van der Waals surface area (Å²) in [7, 11) is 6.93. The van der Waals surface area contributed by atoms with Crippen LogP contribution < -0.4 is 31.9 Å². The fraction of sp³-hybridized carbons (Fsp3) is 0.538. The Labute approximate surface area is 612 Å². The molecule has 7 N–H and O–H groups in total. The molecular weight excluding hydrogens is 1330 g/mol. The van der Waals surface area contributed by atoms with Crippen LogP contribution in [0.15, 0.2) is 121 Å². The summed E-state index contributed by atoms with van der Waals surface area (Å²) in [6.45, 7) is 14.7. The summed E-state index contributed by atoms with van der Waals surface area (Å²) in [6.07, 6.45) is -0.492. The molecule has 2 fully saturated rings. The molecule has 2 aliphatic heterocycles. The topological polar surface area (TPSA) is 326 Å². The van der Waals surface area contributed by atoms with Crippen LogP contribution in [0.2, 0.25) is 0 Å². The summed E-state index contributed by atoms with van der Waals surface area (Å²) in [5, 5.41) is 27.9. The lowest BCUT2D eigenvalue weighted by Crippen LogP contribution is -2.62. The molecule has 0 aliphatic carbocycles. The van der Waals surface area contributed by atoms with Gasteiger partial charge >= 0.3 is 0 Å². The smallest absolute Gasteiger partial charge is 0.246 e. The van der Waals surface area contributed by atoms with Crippen molar-refractivity contribution in [2.75, 3.05) is 61.5 Å². The molecule has 0 unspecified atom stereocenters. The summed E-state index contributed by atoms with van der Waals surface area (Å²) >= 11 is 0. The summed E-state index contributed by atoms with van der Waals surface area (Å²) in [5.41, 5.74) is 1.62. The van der Waals surface area contributed by atoms with Gasteiger partial charge in [0.15, 0.2) is 0 Å². The number of hydrogen-bond donors (Lipinski definition) is 7. The average molecular weight is 1440 g/mol. The van der Waals surface area contributed by atoms with Crippen LogP contribution in [0.3, 0.4) is 0 Å². The predicted molar refractivity (Wildman–Crippen MR) is 393 cm³/mol. The lowest BCUT2D eigenvalue weighted by molar-refractivity contribution is -0.151. The molecule has 11 atom stereocenters. The van der Waals surface area contributed by atoms with Crippen molar-refractivity contribution in [3.8, 4) is 0 Å². The Morgan fingerprint density at radius 3 is 1.40 bits per heavy atom. The lowest BCUT2D eigenvalue weighted by atomic mass is 9.97. The van der Waals surface area contributed by atoms with Crippen LogP contribution in [0.4, 0.5) is 0 Å². The summed E-state index contributed by atoms with van der Waals surface area (Å²) in [6, 6.07) is 20.9. The molecule has 26 heteroatoms. The monoisotopic (exact) mass is 1440 g/mol. The maximum atomic E-state index is 15.6. The van der Waals surface area contributed by atoms with Crippen LogP contribution in [0.25, 0.3) is 0 Å². The van der Waals surface area contributed by atoms with Crippen molar-refractivity contribution in [3.05, 3.63) is 144 Å². The number of hydrogen-bond acceptors (Lipinski definition) is 14. The second-order valence-corrected chi connectivity index (χ2v) is 29.4. The van der Waals surface area contributed by atoms with Gasteiger partial charge in [-0.05, 0) is 101 Å². The predicted octanol–water partition coefficient (Wildman–Crippen LogP) is 3.36. The number of likely N-dealkylation sites (N-methyl/N-ethyl adjacent to an activating group) is 5. The second-order valence-electron chi connectivity index (χ2n) is 29.4. The molecule has 4 aromatic rings. The largest absolute Gasteiger partial charge is 0.391 e. The van der Waals surface area contributed by atoms with E-state index in [4.69, 9.17) is 4.74 Å². The van der Waals surface area contributed by atoms with E-state index >= 15 is 19.2 Å². The number of nitrogens with zero attached hydrogens (tertiary/aromatic N) is 6. The number of aliphatic hydroxyl groups excluding tert-OH is 1. The first-order chi connectivity index (χ1) is 49.1. The fourth-order valence-corrected chi connectivity index (χ4v) is 12.6. The number of piperidine rings is 1. The van der Waals surface area contributed by atoms with Crippen LogP contribution in [-0.4, -0.2) is 239 Å². The van der Waals surface area contributed by atoms with Gasteiger partial charge in [-0.2, -0.15) is 0 Å². The van der Waals surface area contributed by atoms with Gasteiger partial charge in [-0.15, -0.1) is 0 Å². The van der Waals surface area contributed by atoms with Crippen molar-refractivity contribution in [1.82, 2.24) is 61.3 Å². The van der Waals surface area contributed by atoms with E-state index in [0.29, 0.717) is 48.2 Å². The standard InChI is InChI=1S/C78H110N12O14/c1-49(2)40-58-74(100)88(13)64(45-56-36-26-18-27-37-56)77(103)89(14)63(44-55-34-24-17-25-35-55)76(102)85(10)47-65(92)79-59(43-54-32-22-16-23-33-54)73(99)86(11)51(5)68(94)80-57(42-53-30-20-15-21-31-53)69(95)83-61(48-104-78(7,8)9)70(96)81-60(75(101)90-38-28-19-29-39-90)46-66(93)87(12)62(41-50(3)4)71(97)84-67(52(6)91)72(98)82-58/h15-18,20-27,30-37,49-52,57-64,67,91H,19,28-29,38-48H2,1-14H3,(H,79,92)(H,80,94)(H,81,96)(H,82,98)(H,83,95)(H,84,97)/t51-,52+,57-,58-,59-,60-,61-,62-,63-,64-,67-/m0/s1. The highest BCUT2D eigenvalue weighted by Gasteiger charge is 2.43. The van der Waals surface area contributed by atoms with Gasteiger partial charge in [0, 0.05) is 74.0 Å². The summed E-state index contributed by atoms with van der Waals surface area (Å²) in [4.78, 5) is 187. The van der Waals surface area contributed by atoms with Gasteiger partial charge in [-0.25, -0.2) is 0 Å². The molecule has 0 spiro atoms. The Morgan fingerprint density at radius 1 is 0.471 bits per heavy atom. The molecule has 2 saturated heterocycles. The van der Waals surface area contributed by atoms with Crippen LogP contribution in [0.1, 0.15) is 123 Å². The third-order valence-corrected chi connectivity index (χ3v) is 18.9. The minimum absolute atomic E-state index is 0.00631. The molecule has 0 bridgehead atoms. The van der Waals surface area contributed by atoms with Crippen molar-refractivity contribution in [1.29, 1.82) is 0 Å². The molecule has 4 aromatic carbocycles. The molecule has 104 heavy (non-hydrogen) atoms. The number of aliphatic hydroxyl groups is 1. The molecule has 0 aromatic heterocycles. The van der Waals surface area contributed by atoms with E-state index in [-0.39, 0.29) is 50.4 Å². The number of carbonyl (C=O) groups excluding carboxylic acids is 12. The number of rotatable bonds is 16. The highest BCUT2D eigenvalue weighted by atomic mass is 16.5. The molecule has 12 amide bonds. The molecule has 0 radical (unpaired) electrons. The molecule has 6 rings (SSSR count). The number of carbonyl (C=O) groups is 12. The van der Waals surface area contributed by atoms with Crippen molar-refractivity contribution in [3.63, 3.8) is 0 Å². The lowest BCUT2D eigenvalue weighted by Gasteiger charge is -2.37. The van der Waals surface area contributed by atoms with Gasteiger partial charge in [-0.1, -0.05) is 149 Å². The Balaban J connectivity index is 1.49. The molecule has 566 valence electrons. The van der Waals surface area contributed by atoms with E-state index in [0.717, 1.165) is 21.1 Å². The van der Waals surface area contributed by atoms with Crippen LogP contribution >= 0.6 is 0 Å². The van der Waals surface area contributed by atoms with Crippen molar-refractivity contribution in [2.45, 2.75) is 199 Å². The van der Waals surface area contributed by atoms with E-state index in [9.17, 15) is 43.5 Å². The van der Waals surface area contributed by atoms with Crippen molar-refractivity contribution in [2.24, 2.45) is 11.8 Å². The quantitative estimate of drug-likeness (QED) is 0.0847. The molecule has 2 heterocycles. The van der Waals surface area contributed by atoms with E-state index < -0.39 is 163 Å². The average Bonchev–Trinajstić information content (AvgIpc) is 0.822. The maximum absolute atomic E-state index is 15.6. The van der Waals surface area contributed by atoms with E-state index in [2.05, 4.69) is 31.9 Å². The molecular formula is C78H110N12O14. The van der Waals surface area contributed by atoms with E-state index in [1.165, 1.54) is 63.8 Å². The number of likely N-dealkylation sites (tertiary alicyclic amines) is 1. The van der Waals surface area contributed by atoms with Crippen LogP contribution in [0.5, 0.6) is 0 Å². The maximum Gasteiger partial charge on any atom is 0.246 e. The third-order valence-electron chi connectivity index (χ3n) is 18.9. The Morgan fingerprint density at radius 2 is 0.913 bits per heavy atom. The number of amides is 12. The van der Waals surface area contributed by atoms with Gasteiger partial charge in [0.25, 0.3) is 0 Å². The zero-order valence-electron chi connectivity index (χ0n) is 62.9. The highest BCUT2D eigenvalue weighted by molar-refractivity contribution is 6.00. The normalized spacial score (nSPS) is 24.3. The minimum atomic E-state index is -1.73. The zero-order chi connectivity index (χ0) is 76.7. The van der Waals surface area contributed by atoms with E-state index in [1.54, 1.807) is 156 Å². The van der Waals surface area contributed by atoms with Crippen LogP contribution in [-0.2, 0) is 88.0 Å². The van der Waals surface area contributed by atoms with Crippen molar-refractivity contribution < 1.29 is 67.4 Å². The SMILES string of the molecule is CC(C)C[C@@H]1NC(=O)[C@H]([C@@H](C)O)NC(=O)[C@H](CC(C)C)N(C)C(=O)C[C@@H](C(=O)N2CCCCC2)NC(=O)[C@H](COC(C)(C)C)NC(=O)[C@H](Cc2ccccc2)NC(=O)[C@H](C)N(C)C(=O)[C@H](Cc2ccccc2)NC(=O)CN(C)C(=O)[C@H](Cc2ccccc2)N(C)C(=O)[C@H](Cc2ccccc2)N(C)C1=O. The molecule has 26 nitrogen and oxygen atoms in total. The van der Waals surface area contributed by atoms with Gasteiger partial charge in [0.05, 0.1) is 31.3 Å². The summed E-state index contributed by atoms with van der Waals surface area (Å²) < 4.78 is 6.13. The number of ether oxygens (including phenoxy) is 1. The minimum Gasteiger partial charge on any atom is -0.391 e. The highest BCUT2D eigenvalue weighted by Crippen LogP contribution is 2.22. The first kappa shape index (κ1) is 83.4. The zero-order valence-corrected chi connectivity index (χ0v) is 62.9. The molecule has 0 saturated carbocycles. The van der Waals surface area contributed by atoms with Gasteiger partial charge in [-0.3, -0.25) is 57.5 Å². The first-order valence-electron chi connectivity index (χ1n) is 36.0. The number of benzene rings is 4. The third kappa shape index (κ3) is 24.8. The first-order valence-corrected chi connectivity index (χ1v) is 36.0. The van der Waals surface area contributed by atoms with Crippen molar-refractivity contribution >= 4 is 70.9 Å². The second kappa shape index (κ2) is 39.4. The molecule has 2 aliphatic rings.